The third-order valence-corrected chi connectivity index (χ3v) is 3.31. The fourth-order valence-electron chi connectivity index (χ4n) is 2.14. The zero-order valence-electron chi connectivity index (χ0n) is 12.4. The number of benzene rings is 1. The minimum atomic E-state index is -0.371. The van der Waals surface area contributed by atoms with Crippen LogP contribution in [-0.4, -0.2) is 20.7 Å². The summed E-state index contributed by atoms with van der Waals surface area (Å²) in [5.74, 6) is -0.371. The Morgan fingerprint density at radius 1 is 1.17 bits per heavy atom. The number of anilines is 1. The van der Waals surface area contributed by atoms with E-state index in [4.69, 9.17) is 0 Å². The van der Waals surface area contributed by atoms with Crippen LogP contribution in [0.3, 0.4) is 0 Å². The lowest BCUT2D eigenvalue weighted by Gasteiger charge is -2.06. The van der Waals surface area contributed by atoms with Gasteiger partial charge in [0.05, 0.1) is 16.9 Å². The SMILES string of the molecule is Cc1[nH]n(-c2ccccc2)c(=O)c1NNC(=O)c1cccnc1. The molecule has 23 heavy (non-hydrogen) atoms. The molecule has 0 unspecified atom stereocenters. The second-order valence-electron chi connectivity index (χ2n) is 4.91. The van der Waals surface area contributed by atoms with Gasteiger partial charge in [-0.3, -0.25) is 30.5 Å². The number of para-hydroxylation sites is 1. The van der Waals surface area contributed by atoms with Gasteiger partial charge in [0.2, 0.25) is 0 Å². The molecule has 0 aliphatic carbocycles. The van der Waals surface area contributed by atoms with E-state index in [1.165, 1.54) is 10.9 Å². The van der Waals surface area contributed by atoms with Crippen molar-refractivity contribution in [1.29, 1.82) is 0 Å². The van der Waals surface area contributed by atoms with Crippen molar-refractivity contribution in [2.24, 2.45) is 0 Å². The summed E-state index contributed by atoms with van der Waals surface area (Å²) in [4.78, 5) is 28.3. The van der Waals surface area contributed by atoms with Crippen molar-refractivity contribution in [1.82, 2.24) is 20.2 Å². The van der Waals surface area contributed by atoms with Gasteiger partial charge in [0, 0.05) is 12.4 Å². The second kappa shape index (κ2) is 6.18. The Balaban J connectivity index is 1.81. The lowest BCUT2D eigenvalue weighted by atomic mass is 10.3. The highest BCUT2D eigenvalue weighted by Crippen LogP contribution is 2.09. The van der Waals surface area contributed by atoms with Gasteiger partial charge in [-0.1, -0.05) is 18.2 Å². The van der Waals surface area contributed by atoms with Gasteiger partial charge >= 0.3 is 0 Å². The van der Waals surface area contributed by atoms with Crippen LogP contribution in [0.4, 0.5) is 5.69 Å². The topological polar surface area (TPSA) is 91.8 Å². The molecule has 0 saturated carbocycles. The molecule has 3 aromatic rings. The van der Waals surface area contributed by atoms with Gasteiger partial charge in [-0.15, -0.1) is 0 Å². The molecule has 0 aliphatic heterocycles. The number of carbonyl (C=O) groups is 1. The lowest BCUT2D eigenvalue weighted by molar-refractivity contribution is 0.0962. The fourth-order valence-corrected chi connectivity index (χ4v) is 2.14. The monoisotopic (exact) mass is 309 g/mol. The van der Waals surface area contributed by atoms with Gasteiger partial charge < -0.3 is 0 Å². The molecule has 0 bridgehead atoms. The number of hydrazine groups is 1. The van der Waals surface area contributed by atoms with Crippen molar-refractivity contribution in [3.8, 4) is 5.69 Å². The number of amides is 1. The maximum atomic E-state index is 12.4. The molecule has 7 nitrogen and oxygen atoms in total. The summed E-state index contributed by atoms with van der Waals surface area (Å²) in [7, 11) is 0. The Bertz CT molecular complexity index is 868. The smallest absolute Gasteiger partial charge is 0.293 e. The van der Waals surface area contributed by atoms with Gasteiger partial charge in [-0.05, 0) is 31.2 Å². The van der Waals surface area contributed by atoms with Gasteiger partial charge in [0.1, 0.15) is 5.69 Å². The van der Waals surface area contributed by atoms with E-state index in [0.29, 0.717) is 16.9 Å². The van der Waals surface area contributed by atoms with Crippen LogP contribution in [0.25, 0.3) is 5.69 Å². The maximum absolute atomic E-state index is 12.4. The quantitative estimate of drug-likeness (QED) is 0.639. The highest BCUT2D eigenvalue weighted by molar-refractivity contribution is 5.94. The molecule has 0 aliphatic rings. The number of hydrogen-bond donors (Lipinski definition) is 3. The van der Waals surface area contributed by atoms with Crippen LogP contribution in [0, 0.1) is 6.92 Å². The van der Waals surface area contributed by atoms with Crippen molar-refractivity contribution >= 4 is 11.6 Å². The van der Waals surface area contributed by atoms with Gasteiger partial charge in [-0.2, -0.15) is 0 Å². The number of hydrogen-bond acceptors (Lipinski definition) is 4. The highest BCUT2D eigenvalue weighted by Gasteiger charge is 2.13. The number of nitrogens with zero attached hydrogens (tertiary/aromatic N) is 2. The zero-order valence-corrected chi connectivity index (χ0v) is 12.4. The van der Waals surface area contributed by atoms with E-state index in [1.54, 1.807) is 25.3 Å². The average Bonchev–Trinajstić information content (AvgIpc) is 2.88. The van der Waals surface area contributed by atoms with Crippen LogP contribution in [0.15, 0.2) is 59.7 Å². The van der Waals surface area contributed by atoms with Crippen LogP contribution >= 0.6 is 0 Å². The van der Waals surface area contributed by atoms with E-state index < -0.39 is 0 Å². The first-order valence-corrected chi connectivity index (χ1v) is 7.00. The van der Waals surface area contributed by atoms with Crippen molar-refractivity contribution in [2.75, 3.05) is 5.43 Å². The molecule has 0 fully saturated rings. The number of H-pyrrole nitrogens is 1. The Hall–Kier alpha value is -3.35. The van der Waals surface area contributed by atoms with Crippen LogP contribution in [0.2, 0.25) is 0 Å². The van der Waals surface area contributed by atoms with Crippen molar-refractivity contribution in [2.45, 2.75) is 6.92 Å². The molecule has 0 spiro atoms. The molecule has 1 aromatic carbocycles. The van der Waals surface area contributed by atoms with E-state index >= 15 is 0 Å². The lowest BCUT2D eigenvalue weighted by Crippen LogP contribution is -2.32. The second-order valence-corrected chi connectivity index (χ2v) is 4.91. The van der Waals surface area contributed by atoms with Gasteiger partial charge in [0.25, 0.3) is 11.5 Å². The molecule has 0 radical (unpaired) electrons. The van der Waals surface area contributed by atoms with Crippen LogP contribution in [0.1, 0.15) is 16.1 Å². The molecule has 0 atom stereocenters. The fraction of sp³-hybridized carbons (Fsp3) is 0.0625. The summed E-state index contributed by atoms with van der Waals surface area (Å²) in [6.07, 6.45) is 3.03. The van der Waals surface area contributed by atoms with Gasteiger partial charge in [0.15, 0.2) is 0 Å². The molecule has 1 amide bonds. The van der Waals surface area contributed by atoms with E-state index in [0.717, 1.165) is 0 Å². The first-order valence-electron chi connectivity index (χ1n) is 7.00. The molecular formula is C16H15N5O2. The number of nitrogens with one attached hydrogen (secondary N) is 3. The standard InChI is InChI=1S/C16H15N5O2/c1-11-14(18-19-15(22)12-6-5-9-17-10-12)16(23)21(20-11)13-7-3-2-4-8-13/h2-10,18,20H,1H3,(H,19,22). The molecule has 7 heteroatoms. The van der Waals surface area contributed by atoms with E-state index in [-0.39, 0.29) is 17.2 Å². The number of carbonyl (C=O) groups excluding carboxylic acids is 1. The molecule has 2 heterocycles. The minimum Gasteiger partial charge on any atom is -0.293 e. The van der Waals surface area contributed by atoms with Gasteiger partial charge in [-0.25, -0.2) is 4.68 Å². The Morgan fingerprint density at radius 2 is 1.96 bits per heavy atom. The largest absolute Gasteiger partial charge is 0.296 e. The molecule has 116 valence electrons. The van der Waals surface area contributed by atoms with E-state index in [1.807, 2.05) is 30.3 Å². The Morgan fingerprint density at radius 3 is 2.65 bits per heavy atom. The molecule has 0 saturated heterocycles. The summed E-state index contributed by atoms with van der Waals surface area (Å²) < 4.78 is 1.41. The Labute approximate surface area is 131 Å². The molecule has 3 N–H and O–H groups in total. The summed E-state index contributed by atoms with van der Waals surface area (Å²) >= 11 is 0. The van der Waals surface area contributed by atoms with Crippen molar-refractivity contribution in [3.63, 3.8) is 0 Å². The number of pyridine rings is 1. The third-order valence-electron chi connectivity index (χ3n) is 3.31. The summed E-state index contributed by atoms with van der Waals surface area (Å²) in [6.45, 7) is 1.75. The molecule has 2 aromatic heterocycles. The van der Waals surface area contributed by atoms with E-state index in [9.17, 15) is 9.59 Å². The number of aryl methyl sites for hydroxylation is 1. The first-order chi connectivity index (χ1) is 11.2. The number of aromatic nitrogens is 3. The van der Waals surface area contributed by atoms with Crippen molar-refractivity contribution < 1.29 is 4.79 Å². The maximum Gasteiger partial charge on any atom is 0.296 e. The zero-order chi connectivity index (χ0) is 16.2. The minimum absolute atomic E-state index is 0.278. The molecular weight excluding hydrogens is 294 g/mol. The van der Waals surface area contributed by atoms with E-state index in [2.05, 4.69) is 20.9 Å². The van der Waals surface area contributed by atoms with Crippen LogP contribution in [0.5, 0.6) is 0 Å². The summed E-state index contributed by atoms with van der Waals surface area (Å²) in [5, 5.41) is 2.97. The highest BCUT2D eigenvalue weighted by atomic mass is 16.2. The predicted molar refractivity (Wildman–Crippen MR) is 86.5 cm³/mol. The predicted octanol–water partition coefficient (Wildman–Crippen LogP) is 1.63. The number of aromatic amines is 1. The summed E-state index contributed by atoms with van der Waals surface area (Å²) in [5.41, 5.74) is 6.91. The third kappa shape index (κ3) is 2.98. The Kier molecular flexibility index (Phi) is 3.92. The summed E-state index contributed by atoms with van der Waals surface area (Å²) in [6, 6.07) is 12.5. The first kappa shape index (κ1) is 14.6. The van der Waals surface area contributed by atoms with Crippen LogP contribution < -0.4 is 16.4 Å². The van der Waals surface area contributed by atoms with Crippen molar-refractivity contribution in [3.05, 3.63) is 76.5 Å². The molecule has 3 rings (SSSR count). The van der Waals surface area contributed by atoms with Crippen LogP contribution in [-0.2, 0) is 0 Å². The normalized spacial score (nSPS) is 10.3. The number of rotatable bonds is 4. The average molecular weight is 309 g/mol.